The monoisotopic (exact) mass is 166 g/mol. The first kappa shape index (κ1) is 14.1. The van der Waals surface area contributed by atoms with Gasteiger partial charge in [0.2, 0.25) is 15.2 Å². The van der Waals surface area contributed by atoms with Gasteiger partial charge in [0.15, 0.2) is 0 Å². The summed E-state index contributed by atoms with van der Waals surface area (Å²) in [5.41, 5.74) is 0. The van der Waals surface area contributed by atoms with Crippen molar-refractivity contribution in [2.45, 2.75) is 38.3 Å². The van der Waals surface area contributed by atoms with Crippen LogP contribution in [0.2, 0.25) is 10.6 Å². The van der Waals surface area contributed by atoms with Gasteiger partial charge in [-0.05, 0) is 0 Å². The van der Waals surface area contributed by atoms with E-state index in [1.807, 2.05) is 0 Å². The fourth-order valence-electron chi connectivity index (χ4n) is 0.934. The molecule has 56 valence electrons. The molecule has 0 radical (unpaired) electrons. The van der Waals surface area contributed by atoms with Gasteiger partial charge in [-0.2, -0.15) is 0 Å². The Balaban J connectivity index is 0. The van der Waals surface area contributed by atoms with E-state index in [-0.39, 0.29) is 29.6 Å². The fraction of sp³-hybridized carbons (Fsp3) is 1.00. The Morgan fingerprint density at radius 2 is 1.20 bits per heavy atom. The third-order valence-electron chi connectivity index (χ3n) is 1.56. The first-order valence-electron chi connectivity index (χ1n) is 4.13. The van der Waals surface area contributed by atoms with E-state index in [0.29, 0.717) is 15.2 Å². The maximum absolute atomic E-state index is 2.33. The average molecular weight is 166 g/mol. The van der Waals surface area contributed by atoms with Gasteiger partial charge in [0.25, 0.3) is 0 Å². The summed E-state index contributed by atoms with van der Waals surface area (Å²) >= 11 is 0.316. The quantitative estimate of drug-likeness (QED) is 0.560. The van der Waals surface area contributed by atoms with Crippen LogP contribution in [0.3, 0.4) is 0 Å². The van der Waals surface area contributed by atoms with Crippen molar-refractivity contribution in [3.05, 3.63) is 0 Å². The molecule has 0 aromatic heterocycles. The molecule has 0 nitrogen and oxygen atoms in total. The van der Waals surface area contributed by atoms with Crippen LogP contribution in [0.25, 0.3) is 0 Å². The minimum atomic E-state index is 0. The summed E-state index contributed by atoms with van der Waals surface area (Å²) in [6, 6.07) is 0. The Morgan fingerprint density at radius 1 is 0.900 bits per heavy atom. The van der Waals surface area contributed by atoms with Gasteiger partial charge in [-0.25, -0.2) is 0 Å². The Bertz CT molecular complexity index is 54.3. The van der Waals surface area contributed by atoms with Gasteiger partial charge in [0, 0.05) is 0 Å². The molecule has 0 fully saturated rings. The SMILES string of the molecule is CC(C)[CH2][AlH][CH2]C(C)C.[NaH]. The molecule has 0 amide bonds. The van der Waals surface area contributed by atoms with Crippen molar-refractivity contribution in [1.82, 2.24) is 0 Å². The average Bonchev–Trinajstić information content (AvgIpc) is 1.63. The second kappa shape index (κ2) is 8.63. The van der Waals surface area contributed by atoms with Crippen LogP contribution in [0.15, 0.2) is 0 Å². The molecule has 0 saturated carbocycles. The maximum atomic E-state index is 2.33. The van der Waals surface area contributed by atoms with Crippen LogP contribution in [0.5, 0.6) is 0 Å². The Hall–Kier alpha value is 1.53. The van der Waals surface area contributed by atoms with Gasteiger partial charge in [-0.1, -0.05) is 50.1 Å². The summed E-state index contributed by atoms with van der Waals surface area (Å²) < 4.78 is 0. The molecule has 0 atom stereocenters. The molecule has 0 saturated heterocycles. The van der Waals surface area contributed by atoms with Gasteiger partial charge < -0.3 is 0 Å². The molecule has 0 spiro atoms. The summed E-state index contributed by atoms with van der Waals surface area (Å²) in [5, 5.41) is 3.08. The predicted octanol–water partition coefficient (Wildman–Crippen LogP) is 1.92. The number of hydrogen-bond donors (Lipinski definition) is 0. The van der Waals surface area contributed by atoms with Crippen LogP contribution < -0.4 is 0 Å². The van der Waals surface area contributed by atoms with Crippen molar-refractivity contribution in [2.75, 3.05) is 0 Å². The molecule has 10 heavy (non-hydrogen) atoms. The topological polar surface area (TPSA) is 0 Å². The molecule has 0 aromatic carbocycles. The fourth-order valence-corrected chi connectivity index (χ4v) is 2.80. The molecular formula is C8H20AlNa. The molecule has 0 N–H and O–H groups in total. The molecule has 0 aliphatic rings. The summed E-state index contributed by atoms with van der Waals surface area (Å²) in [4.78, 5) is 0. The van der Waals surface area contributed by atoms with Crippen LogP contribution in [0.1, 0.15) is 27.7 Å². The summed E-state index contributed by atoms with van der Waals surface area (Å²) in [7, 11) is 0. The number of rotatable bonds is 4. The molecule has 0 aliphatic carbocycles. The van der Waals surface area contributed by atoms with E-state index in [1.54, 1.807) is 0 Å². The molecule has 0 aliphatic heterocycles. The van der Waals surface area contributed by atoms with Gasteiger partial charge in [0.05, 0.1) is 0 Å². The second-order valence-corrected chi connectivity index (χ2v) is 5.58. The standard InChI is InChI=1S/2C4H9.Al.Na.2H/c2*1-4(2)3;;;;/h2*4H,1H2,2-3H3;;;;. The molecular weight excluding hydrogens is 146 g/mol. The molecule has 0 rings (SSSR count). The first-order chi connectivity index (χ1) is 4.13. The van der Waals surface area contributed by atoms with Crippen molar-refractivity contribution in [3.8, 4) is 0 Å². The van der Waals surface area contributed by atoms with Gasteiger partial charge >= 0.3 is 29.6 Å². The molecule has 2 heteroatoms. The molecule has 0 unspecified atom stereocenters. The van der Waals surface area contributed by atoms with E-state index < -0.39 is 0 Å². The zero-order chi connectivity index (χ0) is 7.28. The zero-order valence-electron chi connectivity index (χ0n) is 7.28. The van der Waals surface area contributed by atoms with E-state index >= 15 is 0 Å². The van der Waals surface area contributed by atoms with Crippen molar-refractivity contribution >= 4 is 44.8 Å². The Kier molecular flexibility index (Phi) is 12.1. The van der Waals surface area contributed by atoms with E-state index in [4.69, 9.17) is 0 Å². The third-order valence-corrected chi connectivity index (χ3v) is 4.69. The minimum absolute atomic E-state index is 0. The number of hydrogen-bond acceptors (Lipinski definition) is 0. The molecule has 0 aromatic rings. The predicted molar refractivity (Wildman–Crippen MR) is 53.6 cm³/mol. The Labute approximate surface area is 94.2 Å². The first-order valence-corrected chi connectivity index (χ1v) is 6.13. The third kappa shape index (κ3) is 12.2. The molecule has 0 bridgehead atoms. The van der Waals surface area contributed by atoms with Gasteiger partial charge in [0.1, 0.15) is 0 Å². The van der Waals surface area contributed by atoms with E-state index in [1.165, 1.54) is 10.6 Å². The van der Waals surface area contributed by atoms with Gasteiger partial charge in [-0.15, -0.1) is 0 Å². The second-order valence-electron chi connectivity index (χ2n) is 3.72. The van der Waals surface area contributed by atoms with E-state index in [0.717, 1.165) is 11.8 Å². The van der Waals surface area contributed by atoms with Crippen LogP contribution in [-0.2, 0) is 0 Å². The van der Waals surface area contributed by atoms with E-state index in [9.17, 15) is 0 Å². The zero-order valence-corrected chi connectivity index (χ0v) is 8.69. The van der Waals surface area contributed by atoms with Crippen molar-refractivity contribution in [1.29, 1.82) is 0 Å². The van der Waals surface area contributed by atoms with Crippen LogP contribution in [0, 0.1) is 11.8 Å². The van der Waals surface area contributed by atoms with Crippen LogP contribution >= 0.6 is 0 Å². The molecule has 0 heterocycles. The van der Waals surface area contributed by atoms with Crippen molar-refractivity contribution < 1.29 is 0 Å². The normalized spacial score (nSPS) is 9.80. The van der Waals surface area contributed by atoms with Gasteiger partial charge in [-0.3, -0.25) is 0 Å². The summed E-state index contributed by atoms with van der Waals surface area (Å²) in [6.07, 6.45) is 0. The van der Waals surface area contributed by atoms with Crippen LogP contribution in [0.4, 0.5) is 0 Å². The van der Waals surface area contributed by atoms with E-state index in [2.05, 4.69) is 27.7 Å². The van der Waals surface area contributed by atoms with Crippen molar-refractivity contribution in [2.24, 2.45) is 11.8 Å². The van der Waals surface area contributed by atoms with Crippen molar-refractivity contribution in [3.63, 3.8) is 0 Å². The Morgan fingerprint density at radius 3 is 1.40 bits per heavy atom. The summed E-state index contributed by atoms with van der Waals surface area (Å²) in [6.45, 7) is 9.31. The van der Waals surface area contributed by atoms with Crippen LogP contribution in [-0.4, -0.2) is 44.8 Å². The summed E-state index contributed by atoms with van der Waals surface area (Å²) in [5.74, 6) is 1.91.